The summed E-state index contributed by atoms with van der Waals surface area (Å²) in [6.07, 6.45) is 0.361. The minimum atomic E-state index is -0.907. The molecule has 19 heavy (non-hydrogen) atoms. The van der Waals surface area contributed by atoms with E-state index in [0.717, 1.165) is 4.90 Å². The van der Waals surface area contributed by atoms with Crippen LogP contribution in [0.25, 0.3) is 0 Å². The van der Waals surface area contributed by atoms with E-state index < -0.39 is 11.9 Å². The number of halogens is 1. The highest BCUT2D eigenvalue weighted by molar-refractivity contribution is 7.99. The number of aliphatic carboxylic acids is 1. The maximum absolute atomic E-state index is 11.5. The summed E-state index contributed by atoms with van der Waals surface area (Å²) in [7, 11) is 0. The van der Waals surface area contributed by atoms with Gasteiger partial charge in [-0.3, -0.25) is 9.59 Å². The van der Waals surface area contributed by atoms with Crippen LogP contribution in [0.2, 0.25) is 5.02 Å². The van der Waals surface area contributed by atoms with Gasteiger partial charge >= 0.3 is 5.97 Å². The number of hydrogen-bond donors (Lipinski definition) is 2. The van der Waals surface area contributed by atoms with Gasteiger partial charge in [0.15, 0.2) is 0 Å². The molecule has 1 atom stereocenters. The van der Waals surface area contributed by atoms with Crippen LogP contribution in [-0.2, 0) is 9.59 Å². The van der Waals surface area contributed by atoms with Crippen molar-refractivity contribution in [3.8, 4) is 0 Å². The molecule has 1 amide bonds. The second-order valence-corrected chi connectivity index (χ2v) is 5.70. The molecule has 6 heteroatoms. The van der Waals surface area contributed by atoms with E-state index in [2.05, 4.69) is 5.32 Å². The number of amides is 1. The van der Waals surface area contributed by atoms with Crippen LogP contribution in [0.5, 0.6) is 0 Å². The molecule has 0 saturated carbocycles. The summed E-state index contributed by atoms with van der Waals surface area (Å²) in [6, 6.07) is 7.41. The molecule has 0 fully saturated rings. The molecule has 4 nitrogen and oxygen atoms in total. The Kier molecular flexibility index (Phi) is 6.73. The molecule has 1 rings (SSSR count). The van der Waals surface area contributed by atoms with Crippen molar-refractivity contribution < 1.29 is 14.7 Å². The molecule has 0 saturated heterocycles. The van der Waals surface area contributed by atoms with Gasteiger partial charge in [-0.05, 0) is 24.3 Å². The smallest absolute Gasteiger partial charge is 0.308 e. The zero-order valence-corrected chi connectivity index (χ0v) is 12.1. The Labute approximate surface area is 121 Å². The molecule has 0 bridgehead atoms. The molecule has 0 aromatic heterocycles. The molecule has 0 aliphatic rings. The number of carboxylic acid groups (broad SMARTS) is 1. The summed E-state index contributed by atoms with van der Waals surface area (Å²) >= 11 is 7.33. The fourth-order valence-corrected chi connectivity index (χ4v) is 2.21. The first kappa shape index (κ1) is 15.9. The Bertz CT molecular complexity index is 436. The lowest BCUT2D eigenvalue weighted by Gasteiger charge is -2.08. The molecule has 0 spiro atoms. The van der Waals surface area contributed by atoms with Crippen molar-refractivity contribution in [2.75, 3.05) is 12.3 Å². The quantitative estimate of drug-likeness (QED) is 0.760. The van der Waals surface area contributed by atoms with Crippen LogP contribution in [0.4, 0.5) is 0 Å². The van der Waals surface area contributed by atoms with Crippen LogP contribution in [0, 0.1) is 5.92 Å². The van der Waals surface area contributed by atoms with Crippen LogP contribution in [0.1, 0.15) is 13.3 Å². The largest absolute Gasteiger partial charge is 0.481 e. The maximum Gasteiger partial charge on any atom is 0.308 e. The highest BCUT2D eigenvalue weighted by Gasteiger charge is 2.11. The number of hydrogen-bond acceptors (Lipinski definition) is 3. The third kappa shape index (κ3) is 6.50. The zero-order chi connectivity index (χ0) is 14.3. The van der Waals surface area contributed by atoms with E-state index in [0.29, 0.717) is 17.2 Å². The topological polar surface area (TPSA) is 66.4 Å². The van der Waals surface area contributed by atoms with Gasteiger partial charge in [-0.15, -0.1) is 11.8 Å². The van der Waals surface area contributed by atoms with E-state index in [1.807, 2.05) is 12.1 Å². The van der Waals surface area contributed by atoms with Crippen molar-refractivity contribution in [2.24, 2.45) is 5.92 Å². The fourth-order valence-electron chi connectivity index (χ4n) is 1.24. The predicted octanol–water partition coefficient (Wildman–Crippen LogP) is 2.66. The summed E-state index contributed by atoms with van der Waals surface area (Å²) in [5.41, 5.74) is 0. The van der Waals surface area contributed by atoms with Gasteiger partial charge in [0.2, 0.25) is 5.91 Å². The number of carbonyl (C=O) groups excluding carboxylic acids is 1. The Morgan fingerprint density at radius 2 is 2.00 bits per heavy atom. The second-order valence-electron chi connectivity index (χ2n) is 4.10. The standard InChI is InChI=1S/C13H16ClNO3S/c1-9(13(17)18)8-15-12(16)6-7-19-11-4-2-10(14)3-5-11/h2-5,9H,6-8H2,1H3,(H,15,16)(H,17,18). The Balaban J connectivity index is 2.20. The van der Waals surface area contributed by atoms with E-state index in [4.69, 9.17) is 16.7 Å². The van der Waals surface area contributed by atoms with Gasteiger partial charge in [-0.2, -0.15) is 0 Å². The zero-order valence-electron chi connectivity index (χ0n) is 10.6. The molecule has 0 aliphatic heterocycles. The molecule has 1 unspecified atom stereocenters. The molecule has 1 aromatic carbocycles. The first-order chi connectivity index (χ1) is 8.99. The van der Waals surface area contributed by atoms with Crippen molar-refractivity contribution in [3.63, 3.8) is 0 Å². The number of nitrogens with one attached hydrogen (secondary N) is 1. The van der Waals surface area contributed by atoms with E-state index >= 15 is 0 Å². The van der Waals surface area contributed by atoms with E-state index in [1.165, 1.54) is 0 Å². The minimum Gasteiger partial charge on any atom is -0.481 e. The van der Waals surface area contributed by atoms with Crippen molar-refractivity contribution in [1.29, 1.82) is 0 Å². The second kappa shape index (κ2) is 8.07. The average Bonchev–Trinajstić information content (AvgIpc) is 2.38. The van der Waals surface area contributed by atoms with Crippen molar-refractivity contribution in [3.05, 3.63) is 29.3 Å². The normalized spacial score (nSPS) is 11.9. The first-order valence-corrected chi connectivity index (χ1v) is 7.23. The van der Waals surface area contributed by atoms with Gasteiger partial charge in [-0.1, -0.05) is 18.5 Å². The SMILES string of the molecule is CC(CNC(=O)CCSc1ccc(Cl)cc1)C(=O)O. The fraction of sp³-hybridized carbons (Fsp3) is 0.385. The van der Waals surface area contributed by atoms with Crippen molar-refractivity contribution in [2.45, 2.75) is 18.2 Å². The highest BCUT2D eigenvalue weighted by atomic mass is 35.5. The average molecular weight is 302 g/mol. The van der Waals surface area contributed by atoms with Gasteiger partial charge in [0.25, 0.3) is 0 Å². The van der Waals surface area contributed by atoms with E-state index in [9.17, 15) is 9.59 Å². The van der Waals surface area contributed by atoms with Crippen LogP contribution in [-0.4, -0.2) is 29.3 Å². The molecule has 1 aromatic rings. The van der Waals surface area contributed by atoms with Crippen LogP contribution < -0.4 is 5.32 Å². The summed E-state index contributed by atoms with van der Waals surface area (Å²) in [5.74, 6) is -0.951. The monoisotopic (exact) mass is 301 g/mol. The lowest BCUT2D eigenvalue weighted by Crippen LogP contribution is -2.31. The molecule has 0 aliphatic carbocycles. The van der Waals surface area contributed by atoms with E-state index in [-0.39, 0.29) is 12.5 Å². The number of benzene rings is 1. The summed E-state index contributed by atoms with van der Waals surface area (Å²) in [5, 5.41) is 12.0. The number of thioether (sulfide) groups is 1. The molecule has 2 N–H and O–H groups in total. The summed E-state index contributed by atoms with van der Waals surface area (Å²) < 4.78 is 0. The number of rotatable bonds is 7. The van der Waals surface area contributed by atoms with Gasteiger partial charge in [0, 0.05) is 28.6 Å². The maximum atomic E-state index is 11.5. The minimum absolute atomic E-state index is 0.130. The third-order valence-electron chi connectivity index (χ3n) is 2.44. The van der Waals surface area contributed by atoms with Crippen LogP contribution >= 0.6 is 23.4 Å². The van der Waals surface area contributed by atoms with Gasteiger partial charge in [-0.25, -0.2) is 0 Å². The number of carbonyl (C=O) groups is 2. The highest BCUT2D eigenvalue weighted by Crippen LogP contribution is 2.20. The van der Waals surface area contributed by atoms with Gasteiger partial charge < -0.3 is 10.4 Å². The summed E-state index contributed by atoms with van der Waals surface area (Å²) in [4.78, 5) is 23.1. The summed E-state index contributed by atoms with van der Waals surface area (Å²) in [6.45, 7) is 1.73. The molecule has 0 heterocycles. The van der Waals surface area contributed by atoms with Gasteiger partial charge in [0.05, 0.1) is 5.92 Å². The number of carboxylic acids is 1. The molecular formula is C13H16ClNO3S. The predicted molar refractivity (Wildman–Crippen MR) is 76.6 cm³/mol. The lowest BCUT2D eigenvalue weighted by atomic mass is 10.2. The Hall–Kier alpha value is -1.20. The van der Waals surface area contributed by atoms with Crippen molar-refractivity contribution >= 4 is 35.2 Å². The molecular weight excluding hydrogens is 286 g/mol. The van der Waals surface area contributed by atoms with Crippen LogP contribution in [0.15, 0.2) is 29.2 Å². The third-order valence-corrected chi connectivity index (χ3v) is 3.70. The van der Waals surface area contributed by atoms with Crippen molar-refractivity contribution in [1.82, 2.24) is 5.32 Å². The van der Waals surface area contributed by atoms with E-state index in [1.54, 1.807) is 30.8 Å². The lowest BCUT2D eigenvalue weighted by molar-refractivity contribution is -0.141. The first-order valence-electron chi connectivity index (χ1n) is 5.87. The molecule has 0 radical (unpaired) electrons. The van der Waals surface area contributed by atoms with Gasteiger partial charge in [0.1, 0.15) is 0 Å². The Morgan fingerprint density at radius 3 is 2.58 bits per heavy atom. The Morgan fingerprint density at radius 1 is 1.37 bits per heavy atom. The van der Waals surface area contributed by atoms with Crippen LogP contribution in [0.3, 0.4) is 0 Å². The molecule has 104 valence electrons.